The molecule has 1 aromatic carbocycles. The van der Waals surface area contributed by atoms with E-state index < -0.39 is 0 Å². The summed E-state index contributed by atoms with van der Waals surface area (Å²) in [7, 11) is 2.05. The molecule has 1 fully saturated rings. The van der Waals surface area contributed by atoms with Crippen molar-refractivity contribution in [2.24, 2.45) is 5.92 Å². The zero-order valence-corrected chi connectivity index (χ0v) is 11.2. The van der Waals surface area contributed by atoms with Crippen molar-refractivity contribution in [2.45, 2.75) is 18.9 Å². The van der Waals surface area contributed by atoms with Gasteiger partial charge in [0.05, 0.1) is 6.61 Å². The van der Waals surface area contributed by atoms with Gasteiger partial charge in [-0.1, -0.05) is 28.1 Å². The molecule has 0 bridgehead atoms. The van der Waals surface area contributed by atoms with Gasteiger partial charge in [-0.3, -0.25) is 0 Å². The maximum absolute atomic E-state index is 5.56. The molecule has 0 saturated carbocycles. The molecule has 3 heteroatoms. The Bertz CT molecular complexity index is 342. The highest BCUT2D eigenvalue weighted by atomic mass is 79.9. The van der Waals surface area contributed by atoms with Crippen LogP contribution in [0.3, 0.4) is 0 Å². The topological polar surface area (TPSA) is 21.3 Å². The van der Waals surface area contributed by atoms with E-state index in [1.165, 1.54) is 5.56 Å². The van der Waals surface area contributed by atoms with Crippen molar-refractivity contribution in [3.63, 3.8) is 0 Å². The minimum atomic E-state index is 0.590. The predicted molar refractivity (Wildman–Crippen MR) is 69.6 cm³/mol. The van der Waals surface area contributed by atoms with Gasteiger partial charge in [0.2, 0.25) is 0 Å². The molecule has 2 nitrogen and oxygen atoms in total. The monoisotopic (exact) mass is 283 g/mol. The number of ether oxygens (including phenoxy) is 1. The van der Waals surface area contributed by atoms with Crippen LogP contribution in [0.25, 0.3) is 0 Å². The molecule has 2 atom stereocenters. The van der Waals surface area contributed by atoms with Gasteiger partial charge < -0.3 is 10.1 Å². The van der Waals surface area contributed by atoms with E-state index in [1.54, 1.807) is 0 Å². The maximum Gasteiger partial charge on any atom is 0.0512 e. The van der Waals surface area contributed by atoms with Gasteiger partial charge in [-0.25, -0.2) is 0 Å². The smallest absolute Gasteiger partial charge is 0.0512 e. The lowest BCUT2D eigenvalue weighted by atomic mass is 9.89. The summed E-state index contributed by atoms with van der Waals surface area (Å²) in [4.78, 5) is 0. The molecular weight excluding hydrogens is 266 g/mol. The molecule has 0 radical (unpaired) electrons. The number of hydrogen-bond acceptors (Lipinski definition) is 2. The fourth-order valence-electron chi connectivity index (χ4n) is 2.34. The minimum Gasteiger partial charge on any atom is -0.381 e. The van der Waals surface area contributed by atoms with Gasteiger partial charge in [0.1, 0.15) is 0 Å². The molecule has 88 valence electrons. The van der Waals surface area contributed by atoms with Crippen LogP contribution in [0.5, 0.6) is 0 Å². The fourth-order valence-corrected chi connectivity index (χ4v) is 2.79. The molecule has 1 aliphatic rings. The van der Waals surface area contributed by atoms with E-state index in [2.05, 4.69) is 45.5 Å². The normalized spacial score (nSPS) is 25.6. The Kier molecular flexibility index (Phi) is 4.38. The molecule has 0 aromatic heterocycles. The van der Waals surface area contributed by atoms with Gasteiger partial charge in [0, 0.05) is 23.0 Å². The Hall–Kier alpha value is -0.380. The lowest BCUT2D eigenvalue weighted by molar-refractivity contribution is 0.0342. The molecule has 16 heavy (non-hydrogen) atoms. The third-order valence-corrected chi connectivity index (χ3v) is 3.73. The Balaban J connectivity index is 2.02. The number of benzene rings is 1. The molecule has 0 amide bonds. The summed E-state index contributed by atoms with van der Waals surface area (Å²) in [6.07, 6.45) is 2.21. The van der Waals surface area contributed by atoms with E-state index in [0.717, 1.165) is 30.5 Å². The quantitative estimate of drug-likeness (QED) is 0.921. The maximum atomic E-state index is 5.56. The fraction of sp³-hybridized carbons (Fsp3) is 0.538. The second kappa shape index (κ2) is 5.80. The third-order valence-electron chi connectivity index (χ3n) is 3.23. The van der Waals surface area contributed by atoms with E-state index in [-0.39, 0.29) is 0 Å². The summed E-state index contributed by atoms with van der Waals surface area (Å²) >= 11 is 3.51. The molecule has 1 aromatic rings. The molecule has 0 aliphatic carbocycles. The second-order valence-corrected chi connectivity index (χ2v) is 5.27. The van der Waals surface area contributed by atoms with Crippen LogP contribution in [0.2, 0.25) is 0 Å². The van der Waals surface area contributed by atoms with E-state index in [9.17, 15) is 0 Å². The van der Waals surface area contributed by atoms with Crippen molar-refractivity contribution in [3.05, 3.63) is 34.3 Å². The summed E-state index contributed by atoms with van der Waals surface area (Å²) in [6.45, 7) is 1.76. The summed E-state index contributed by atoms with van der Waals surface area (Å²) in [5.41, 5.74) is 1.38. The summed E-state index contributed by atoms with van der Waals surface area (Å²) in [5.74, 6) is 0.591. The second-order valence-electron chi connectivity index (χ2n) is 4.35. The minimum absolute atomic E-state index is 0.590. The van der Waals surface area contributed by atoms with Crippen LogP contribution in [0, 0.1) is 5.92 Å². The standard InChI is InChI=1S/C13H18BrNO/c1-15-13-5-6-16-9-11(13)7-10-3-2-4-12(14)8-10/h2-4,8,11,13,15H,5-7,9H2,1H3. The number of nitrogens with one attached hydrogen (secondary N) is 1. The Labute approximate surface area is 106 Å². The van der Waals surface area contributed by atoms with E-state index >= 15 is 0 Å². The predicted octanol–water partition coefficient (Wildman–Crippen LogP) is 2.62. The summed E-state index contributed by atoms with van der Waals surface area (Å²) in [6, 6.07) is 9.13. The highest BCUT2D eigenvalue weighted by Gasteiger charge is 2.24. The summed E-state index contributed by atoms with van der Waals surface area (Å²) < 4.78 is 6.72. The molecule has 1 saturated heterocycles. The first-order valence-electron chi connectivity index (χ1n) is 5.79. The highest BCUT2D eigenvalue weighted by molar-refractivity contribution is 9.10. The number of halogens is 1. The first-order chi connectivity index (χ1) is 7.79. The molecular formula is C13H18BrNO. The molecule has 0 spiro atoms. The zero-order valence-electron chi connectivity index (χ0n) is 9.58. The van der Waals surface area contributed by atoms with Crippen molar-refractivity contribution < 1.29 is 4.74 Å². The van der Waals surface area contributed by atoms with E-state index in [0.29, 0.717) is 12.0 Å². The first-order valence-corrected chi connectivity index (χ1v) is 6.58. The van der Waals surface area contributed by atoms with Crippen LogP contribution in [0.1, 0.15) is 12.0 Å². The van der Waals surface area contributed by atoms with Crippen molar-refractivity contribution in [3.8, 4) is 0 Å². The van der Waals surface area contributed by atoms with Crippen LogP contribution in [-0.2, 0) is 11.2 Å². The largest absolute Gasteiger partial charge is 0.381 e. The zero-order chi connectivity index (χ0) is 11.4. The Morgan fingerprint density at radius 3 is 3.12 bits per heavy atom. The molecule has 1 N–H and O–H groups in total. The van der Waals surface area contributed by atoms with Crippen LogP contribution < -0.4 is 5.32 Å². The van der Waals surface area contributed by atoms with Crippen LogP contribution in [0.4, 0.5) is 0 Å². The lowest BCUT2D eigenvalue weighted by Gasteiger charge is -2.31. The average molecular weight is 284 g/mol. The van der Waals surface area contributed by atoms with Crippen LogP contribution in [-0.4, -0.2) is 26.3 Å². The van der Waals surface area contributed by atoms with E-state index in [1.807, 2.05) is 7.05 Å². The van der Waals surface area contributed by atoms with Gasteiger partial charge in [-0.05, 0) is 37.6 Å². The number of rotatable bonds is 3. The van der Waals surface area contributed by atoms with Crippen LogP contribution >= 0.6 is 15.9 Å². The molecule has 1 heterocycles. The molecule has 2 unspecified atom stereocenters. The van der Waals surface area contributed by atoms with Gasteiger partial charge in [0.15, 0.2) is 0 Å². The van der Waals surface area contributed by atoms with E-state index in [4.69, 9.17) is 4.74 Å². The molecule has 1 aliphatic heterocycles. The van der Waals surface area contributed by atoms with Gasteiger partial charge >= 0.3 is 0 Å². The Morgan fingerprint density at radius 2 is 2.38 bits per heavy atom. The van der Waals surface area contributed by atoms with Crippen molar-refractivity contribution >= 4 is 15.9 Å². The average Bonchev–Trinajstić information content (AvgIpc) is 2.30. The van der Waals surface area contributed by atoms with Crippen molar-refractivity contribution in [2.75, 3.05) is 20.3 Å². The lowest BCUT2D eigenvalue weighted by Crippen LogP contribution is -2.41. The molecule has 2 rings (SSSR count). The third kappa shape index (κ3) is 3.06. The van der Waals surface area contributed by atoms with Crippen molar-refractivity contribution in [1.82, 2.24) is 5.32 Å². The SMILES string of the molecule is CNC1CCOCC1Cc1cccc(Br)c1. The first kappa shape index (κ1) is 12.1. The van der Waals surface area contributed by atoms with Crippen LogP contribution in [0.15, 0.2) is 28.7 Å². The number of hydrogen-bond donors (Lipinski definition) is 1. The van der Waals surface area contributed by atoms with Crippen molar-refractivity contribution in [1.29, 1.82) is 0 Å². The van der Waals surface area contributed by atoms with Gasteiger partial charge in [0.25, 0.3) is 0 Å². The van der Waals surface area contributed by atoms with Gasteiger partial charge in [-0.15, -0.1) is 0 Å². The Morgan fingerprint density at radius 1 is 1.50 bits per heavy atom. The van der Waals surface area contributed by atoms with Gasteiger partial charge in [-0.2, -0.15) is 0 Å². The summed E-state index contributed by atoms with van der Waals surface area (Å²) in [5, 5.41) is 3.40. The highest BCUT2D eigenvalue weighted by Crippen LogP contribution is 2.21.